The highest BCUT2D eigenvalue weighted by Crippen LogP contribution is 2.58. The van der Waals surface area contributed by atoms with Crippen molar-refractivity contribution >= 4 is 60.5 Å². The second kappa shape index (κ2) is 12.9. The van der Waals surface area contributed by atoms with Gasteiger partial charge in [0.2, 0.25) is 0 Å². The molecule has 270 valence electrons. The average Bonchev–Trinajstić information content (AvgIpc) is 3.84. The zero-order valence-electron chi connectivity index (χ0n) is 31.4. The number of fused-ring (bicyclic) bond motifs is 7. The Morgan fingerprint density at radius 3 is 1.64 bits per heavy atom. The van der Waals surface area contributed by atoms with E-state index in [1.54, 1.807) is 0 Å². The van der Waals surface area contributed by atoms with E-state index in [0.29, 0.717) is 0 Å². The molecule has 0 aliphatic heterocycles. The lowest BCUT2D eigenvalue weighted by Gasteiger charge is -2.25. The van der Waals surface area contributed by atoms with Crippen LogP contribution in [0.4, 0.5) is 17.1 Å². The van der Waals surface area contributed by atoms with Crippen molar-refractivity contribution in [2.24, 2.45) is 0 Å². The number of hydrogen-bond donors (Lipinski definition) is 0. The van der Waals surface area contributed by atoms with Crippen molar-refractivity contribution in [3.8, 4) is 55.6 Å². The van der Waals surface area contributed by atoms with Gasteiger partial charge in [0.15, 0.2) is 5.58 Å². The summed E-state index contributed by atoms with van der Waals surface area (Å²) < 4.78 is 6.54. The van der Waals surface area contributed by atoms with E-state index >= 15 is 0 Å². The second-order valence-electron chi connectivity index (χ2n) is 15.0. The molecule has 2 heterocycles. The summed E-state index contributed by atoms with van der Waals surface area (Å²) in [6, 6.07) is 69.9. The Labute approximate surface area is 335 Å². The number of furan rings is 1. The molecule has 0 radical (unpaired) electrons. The Hall–Kier alpha value is -7.75. The van der Waals surface area contributed by atoms with Gasteiger partial charge < -0.3 is 9.32 Å². The fourth-order valence-corrected chi connectivity index (χ4v) is 9.47. The summed E-state index contributed by atoms with van der Waals surface area (Å²) in [6.45, 7) is 0. The van der Waals surface area contributed by atoms with E-state index in [1.807, 2.05) is 30.6 Å². The summed E-state index contributed by atoms with van der Waals surface area (Å²) >= 11 is 0. The summed E-state index contributed by atoms with van der Waals surface area (Å²) in [7, 11) is 0. The fraction of sp³-hybridized carbons (Fsp3) is 0. The minimum absolute atomic E-state index is 0.848. The van der Waals surface area contributed by atoms with Crippen LogP contribution in [0.15, 0.2) is 211 Å². The molecule has 0 N–H and O–H groups in total. The minimum Gasteiger partial charge on any atom is -0.454 e. The molecule has 0 bridgehead atoms. The van der Waals surface area contributed by atoms with Gasteiger partial charge in [-0.25, -0.2) is 0 Å². The minimum atomic E-state index is 0.848. The Kier molecular flexibility index (Phi) is 7.23. The molecule has 0 saturated heterocycles. The highest BCUT2D eigenvalue weighted by molar-refractivity contribution is 6.28. The molecule has 0 amide bonds. The number of anilines is 3. The van der Waals surface area contributed by atoms with Crippen LogP contribution in [0.5, 0.6) is 0 Å². The first-order valence-corrected chi connectivity index (χ1v) is 19.8. The molecule has 3 nitrogen and oxygen atoms in total. The monoisotopic (exact) mass is 738 g/mol. The molecule has 11 aromatic rings. The van der Waals surface area contributed by atoms with Gasteiger partial charge in [0, 0.05) is 22.7 Å². The maximum Gasteiger partial charge on any atom is 0.159 e. The maximum atomic E-state index is 6.54. The molecule has 9 aromatic carbocycles. The number of hydrogen-bond acceptors (Lipinski definition) is 3. The molecule has 58 heavy (non-hydrogen) atoms. The summed E-state index contributed by atoms with van der Waals surface area (Å²) in [4.78, 5) is 6.76. The van der Waals surface area contributed by atoms with Gasteiger partial charge in [-0.3, -0.25) is 4.98 Å². The molecule has 0 spiro atoms. The van der Waals surface area contributed by atoms with E-state index in [2.05, 4.69) is 186 Å². The van der Waals surface area contributed by atoms with Crippen molar-refractivity contribution < 1.29 is 4.42 Å². The van der Waals surface area contributed by atoms with E-state index in [9.17, 15) is 0 Å². The first-order valence-electron chi connectivity index (χ1n) is 19.8. The van der Waals surface area contributed by atoms with Gasteiger partial charge in [-0.2, -0.15) is 0 Å². The molecule has 0 atom stereocenters. The Morgan fingerprint density at radius 1 is 0.362 bits per heavy atom. The van der Waals surface area contributed by atoms with E-state index in [4.69, 9.17) is 4.42 Å². The van der Waals surface area contributed by atoms with Gasteiger partial charge in [-0.1, -0.05) is 158 Å². The standard InChI is InChI=1S/C55H34N2O/c1-3-14-36(15-4-1)50-43-20-7-8-21-44(43)51(37-16-5-2-6-17-37)54-47-32-31-40(42-22-11-24-46(52(42)47)53(50)54)35-27-29-38(30-28-35)57(39-18-13-33-56-34-39)48-25-12-23-45-41-19-9-10-26-49(41)58-55(45)48/h1-34H. The van der Waals surface area contributed by atoms with Gasteiger partial charge in [-0.15, -0.1) is 0 Å². The third-order valence-corrected chi connectivity index (χ3v) is 11.9. The van der Waals surface area contributed by atoms with E-state index in [1.165, 1.54) is 71.6 Å². The van der Waals surface area contributed by atoms with Gasteiger partial charge in [0.25, 0.3) is 0 Å². The van der Waals surface area contributed by atoms with Crippen molar-refractivity contribution in [2.45, 2.75) is 0 Å². The van der Waals surface area contributed by atoms with Crippen molar-refractivity contribution in [2.75, 3.05) is 4.90 Å². The fourth-order valence-electron chi connectivity index (χ4n) is 9.47. The molecule has 2 aromatic heterocycles. The van der Waals surface area contributed by atoms with Gasteiger partial charge >= 0.3 is 0 Å². The van der Waals surface area contributed by atoms with Crippen LogP contribution in [-0.4, -0.2) is 4.98 Å². The van der Waals surface area contributed by atoms with Crippen LogP contribution < -0.4 is 4.90 Å². The van der Waals surface area contributed by atoms with Crippen LogP contribution >= 0.6 is 0 Å². The third kappa shape index (κ3) is 4.84. The Balaban J connectivity index is 1.05. The van der Waals surface area contributed by atoms with Gasteiger partial charge in [0.1, 0.15) is 5.58 Å². The summed E-state index contributed by atoms with van der Waals surface area (Å²) in [5.41, 5.74) is 17.3. The summed E-state index contributed by atoms with van der Waals surface area (Å²) in [5.74, 6) is 0. The predicted octanol–water partition coefficient (Wildman–Crippen LogP) is 15.4. The average molecular weight is 739 g/mol. The number of benzene rings is 9. The Bertz CT molecular complexity index is 3280. The quantitative estimate of drug-likeness (QED) is 0.170. The maximum absolute atomic E-state index is 6.54. The van der Waals surface area contributed by atoms with Crippen molar-refractivity contribution in [3.63, 3.8) is 0 Å². The number of para-hydroxylation sites is 2. The highest BCUT2D eigenvalue weighted by Gasteiger charge is 2.31. The van der Waals surface area contributed by atoms with Gasteiger partial charge in [0.05, 0.1) is 17.6 Å². The van der Waals surface area contributed by atoms with E-state index < -0.39 is 0 Å². The van der Waals surface area contributed by atoms with Gasteiger partial charge in [-0.05, 0) is 114 Å². The zero-order chi connectivity index (χ0) is 38.2. The lowest BCUT2D eigenvalue weighted by Crippen LogP contribution is -2.10. The number of aromatic nitrogens is 1. The Morgan fingerprint density at radius 2 is 0.948 bits per heavy atom. The lowest BCUT2D eigenvalue weighted by atomic mass is 9.82. The highest BCUT2D eigenvalue weighted by atomic mass is 16.3. The SMILES string of the molecule is c1ccc(-c2c3c(c(-c4ccccc4)c4ccccc24)-c2ccc(-c4ccc(N(c5cccnc5)c5cccc6c5oc5ccccc56)cc4)c4cccc-3c24)cc1. The van der Waals surface area contributed by atoms with Crippen LogP contribution in [-0.2, 0) is 0 Å². The number of pyridine rings is 1. The predicted molar refractivity (Wildman–Crippen MR) is 242 cm³/mol. The van der Waals surface area contributed by atoms with Crippen LogP contribution in [0.25, 0.3) is 99.1 Å². The number of nitrogens with zero attached hydrogens (tertiary/aromatic N) is 2. The summed E-state index contributed by atoms with van der Waals surface area (Å²) in [6.07, 6.45) is 3.72. The molecular formula is C55H34N2O. The first-order chi connectivity index (χ1) is 28.8. The first kappa shape index (κ1) is 32.5. The van der Waals surface area contributed by atoms with Crippen molar-refractivity contribution in [3.05, 3.63) is 207 Å². The smallest absolute Gasteiger partial charge is 0.159 e. The molecule has 1 aliphatic rings. The normalized spacial score (nSPS) is 11.8. The third-order valence-electron chi connectivity index (χ3n) is 11.9. The van der Waals surface area contributed by atoms with Crippen LogP contribution in [0.1, 0.15) is 0 Å². The largest absolute Gasteiger partial charge is 0.454 e. The zero-order valence-corrected chi connectivity index (χ0v) is 31.4. The second-order valence-corrected chi connectivity index (χ2v) is 15.0. The van der Waals surface area contributed by atoms with Crippen LogP contribution in [0.3, 0.4) is 0 Å². The number of rotatable bonds is 6. The molecule has 0 saturated carbocycles. The van der Waals surface area contributed by atoms with Crippen molar-refractivity contribution in [1.82, 2.24) is 4.98 Å². The van der Waals surface area contributed by atoms with E-state index in [-0.39, 0.29) is 0 Å². The molecule has 1 aliphatic carbocycles. The van der Waals surface area contributed by atoms with Crippen LogP contribution in [0, 0.1) is 0 Å². The molecule has 0 unspecified atom stereocenters. The summed E-state index contributed by atoms with van der Waals surface area (Å²) in [5, 5.41) is 7.28. The van der Waals surface area contributed by atoms with Crippen molar-refractivity contribution in [1.29, 1.82) is 0 Å². The molecule has 0 fully saturated rings. The molecule has 3 heteroatoms. The molecular weight excluding hydrogens is 705 g/mol. The van der Waals surface area contributed by atoms with E-state index in [0.717, 1.165) is 44.6 Å². The lowest BCUT2D eigenvalue weighted by molar-refractivity contribution is 0.669. The molecule has 12 rings (SSSR count). The topological polar surface area (TPSA) is 29.3 Å². The van der Waals surface area contributed by atoms with Crippen LogP contribution in [0.2, 0.25) is 0 Å².